The van der Waals surface area contributed by atoms with Gasteiger partial charge in [-0.2, -0.15) is 0 Å². The molecule has 1 N–H and O–H groups in total. The highest BCUT2D eigenvalue weighted by molar-refractivity contribution is 5.85. The Morgan fingerprint density at radius 3 is 2.20 bits per heavy atom. The van der Waals surface area contributed by atoms with Crippen LogP contribution in [-0.2, 0) is 14.3 Å². The topological polar surface area (TPSA) is 64.6 Å². The molecule has 0 aromatic heterocycles. The molecule has 0 aliphatic rings. The molecule has 0 aliphatic carbocycles. The predicted octanol–water partition coefficient (Wildman–Crippen LogP) is 1.12. The van der Waals surface area contributed by atoms with Gasteiger partial charge < -0.3 is 14.8 Å². The molecule has 0 rings (SSSR count). The maximum absolute atomic E-state index is 11.3. The van der Waals surface area contributed by atoms with Crippen LogP contribution in [0, 0.1) is 0 Å². The summed E-state index contributed by atoms with van der Waals surface area (Å²) in [6.07, 6.45) is -0.611. The molecule has 0 aliphatic heterocycles. The molecule has 1 unspecified atom stereocenters. The standard InChI is InChI=1S/C10H19NO4/c1-7(12)8(6-14-5)11-9(13)15-10(2,3)4/h8H,6H2,1-5H3,(H,11,13). The van der Waals surface area contributed by atoms with E-state index in [9.17, 15) is 9.59 Å². The van der Waals surface area contributed by atoms with Gasteiger partial charge >= 0.3 is 6.09 Å². The Morgan fingerprint density at radius 1 is 1.33 bits per heavy atom. The van der Waals surface area contributed by atoms with Crippen molar-refractivity contribution in [2.24, 2.45) is 0 Å². The predicted molar refractivity (Wildman–Crippen MR) is 55.7 cm³/mol. The minimum Gasteiger partial charge on any atom is -0.444 e. The molecule has 0 bridgehead atoms. The molecule has 0 fully saturated rings. The van der Waals surface area contributed by atoms with E-state index in [1.807, 2.05) is 0 Å². The second-order valence-corrected chi connectivity index (χ2v) is 4.26. The maximum Gasteiger partial charge on any atom is 0.408 e. The normalized spacial score (nSPS) is 13.1. The first-order chi connectivity index (χ1) is 6.76. The fourth-order valence-electron chi connectivity index (χ4n) is 0.877. The van der Waals surface area contributed by atoms with Crippen molar-refractivity contribution in [3.8, 4) is 0 Å². The van der Waals surface area contributed by atoms with E-state index in [1.54, 1.807) is 20.8 Å². The van der Waals surface area contributed by atoms with Crippen molar-refractivity contribution in [3.05, 3.63) is 0 Å². The highest BCUT2D eigenvalue weighted by atomic mass is 16.6. The van der Waals surface area contributed by atoms with Crippen molar-refractivity contribution < 1.29 is 19.1 Å². The van der Waals surface area contributed by atoms with E-state index in [2.05, 4.69) is 5.32 Å². The highest BCUT2D eigenvalue weighted by Gasteiger charge is 2.21. The Kier molecular flexibility index (Phi) is 5.28. The summed E-state index contributed by atoms with van der Waals surface area (Å²) in [6.45, 7) is 6.80. The van der Waals surface area contributed by atoms with Gasteiger partial charge in [-0.15, -0.1) is 0 Å². The first-order valence-corrected chi connectivity index (χ1v) is 4.75. The van der Waals surface area contributed by atoms with E-state index in [-0.39, 0.29) is 12.4 Å². The summed E-state index contributed by atoms with van der Waals surface area (Å²) in [6, 6.07) is -0.648. The van der Waals surface area contributed by atoms with Crippen LogP contribution in [0.5, 0.6) is 0 Å². The number of hydrogen-bond donors (Lipinski definition) is 1. The van der Waals surface area contributed by atoms with Crippen molar-refractivity contribution in [2.75, 3.05) is 13.7 Å². The number of ketones is 1. The lowest BCUT2D eigenvalue weighted by Crippen LogP contribution is -2.45. The van der Waals surface area contributed by atoms with Crippen LogP contribution >= 0.6 is 0 Å². The third-order valence-corrected chi connectivity index (χ3v) is 1.52. The third-order valence-electron chi connectivity index (χ3n) is 1.52. The molecule has 15 heavy (non-hydrogen) atoms. The van der Waals surface area contributed by atoms with Crippen molar-refractivity contribution >= 4 is 11.9 Å². The van der Waals surface area contributed by atoms with Crippen LogP contribution in [-0.4, -0.2) is 37.2 Å². The van der Waals surface area contributed by atoms with Gasteiger partial charge in [-0.3, -0.25) is 4.79 Å². The van der Waals surface area contributed by atoms with Crippen LogP contribution in [0.2, 0.25) is 0 Å². The second-order valence-electron chi connectivity index (χ2n) is 4.26. The van der Waals surface area contributed by atoms with E-state index in [1.165, 1.54) is 14.0 Å². The smallest absolute Gasteiger partial charge is 0.408 e. The highest BCUT2D eigenvalue weighted by Crippen LogP contribution is 2.06. The molecule has 0 aromatic carbocycles. The van der Waals surface area contributed by atoms with Crippen LogP contribution in [0.3, 0.4) is 0 Å². The molecule has 0 heterocycles. The van der Waals surface area contributed by atoms with E-state index in [4.69, 9.17) is 9.47 Å². The van der Waals surface area contributed by atoms with Crippen molar-refractivity contribution in [2.45, 2.75) is 39.3 Å². The number of ether oxygens (including phenoxy) is 2. The summed E-state index contributed by atoms with van der Waals surface area (Å²) >= 11 is 0. The summed E-state index contributed by atoms with van der Waals surface area (Å²) in [5.74, 6) is -0.164. The summed E-state index contributed by atoms with van der Waals surface area (Å²) in [5.41, 5.74) is -0.571. The number of rotatable bonds is 4. The molecule has 5 nitrogen and oxygen atoms in total. The molecule has 1 amide bonds. The molecule has 0 spiro atoms. The lowest BCUT2D eigenvalue weighted by molar-refractivity contribution is -0.120. The Balaban J connectivity index is 4.18. The molecular formula is C10H19NO4. The molecule has 0 saturated heterocycles. The molecule has 1 atom stereocenters. The summed E-state index contributed by atoms with van der Waals surface area (Å²) < 4.78 is 9.81. The maximum atomic E-state index is 11.3. The summed E-state index contributed by atoms with van der Waals surface area (Å²) in [4.78, 5) is 22.4. The number of hydrogen-bond acceptors (Lipinski definition) is 4. The van der Waals surface area contributed by atoms with Gasteiger partial charge in [0.05, 0.1) is 6.61 Å². The average Bonchev–Trinajstić information content (AvgIpc) is 1.99. The van der Waals surface area contributed by atoms with Gasteiger partial charge in [0, 0.05) is 7.11 Å². The van der Waals surface area contributed by atoms with Crippen molar-refractivity contribution in [1.82, 2.24) is 5.32 Å². The average molecular weight is 217 g/mol. The number of carbonyl (C=O) groups excluding carboxylic acids is 2. The van der Waals surface area contributed by atoms with Gasteiger partial charge in [-0.25, -0.2) is 4.79 Å². The molecule has 0 radical (unpaired) electrons. The van der Waals surface area contributed by atoms with Gasteiger partial charge in [-0.1, -0.05) is 0 Å². The summed E-state index contributed by atoms with van der Waals surface area (Å²) in [5, 5.41) is 2.44. The van der Waals surface area contributed by atoms with E-state index in [0.717, 1.165) is 0 Å². The SMILES string of the molecule is COCC(NC(=O)OC(C)(C)C)C(C)=O. The monoisotopic (exact) mass is 217 g/mol. The zero-order valence-corrected chi connectivity index (χ0v) is 9.92. The zero-order valence-electron chi connectivity index (χ0n) is 9.92. The molecule has 88 valence electrons. The van der Waals surface area contributed by atoms with Gasteiger partial charge in [-0.05, 0) is 27.7 Å². The number of methoxy groups -OCH3 is 1. The van der Waals surface area contributed by atoms with Gasteiger partial charge in [0.2, 0.25) is 0 Å². The first kappa shape index (κ1) is 13.9. The minimum absolute atomic E-state index is 0.147. The van der Waals surface area contributed by atoms with E-state index >= 15 is 0 Å². The number of carbonyl (C=O) groups is 2. The van der Waals surface area contributed by atoms with Crippen LogP contribution in [0.4, 0.5) is 4.79 Å². The van der Waals surface area contributed by atoms with Crippen LogP contribution in [0.25, 0.3) is 0 Å². The third kappa shape index (κ3) is 6.90. The first-order valence-electron chi connectivity index (χ1n) is 4.75. The van der Waals surface area contributed by atoms with Gasteiger partial charge in [0.15, 0.2) is 5.78 Å². The lowest BCUT2D eigenvalue weighted by Gasteiger charge is -2.22. The van der Waals surface area contributed by atoms with Crippen LogP contribution in [0.1, 0.15) is 27.7 Å². The second kappa shape index (κ2) is 5.70. The Labute approximate surface area is 90.1 Å². The number of alkyl carbamates (subject to hydrolysis) is 1. The van der Waals surface area contributed by atoms with Gasteiger partial charge in [0.25, 0.3) is 0 Å². The molecule has 0 saturated carbocycles. The fraction of sp³-hybridized carbons (Fsp3) is 0.800. The molecule has 0 aromatic rings. The van der Waals surface area contributed by atoms with E-state index in [0.29, 0.717) is 0 Å². The van der Waals surface area contributed by atoms with Crippen LogP contribution < -0.4 is 5.32 Å². The number of Topliss-reactive ketones (excluding diaryl/α,β-unsaturated/α-hetero) is 1. The Bertz CT molecular complexity index is 232. The Morgan fingerprint density at radius 2 is 1.87 bits per heavy atom. The van der Waals surface area contributed by atoms with Crippen molar-refractivity contribution in [3.63, 3.8) is 0 Å². The molecular weight excluding hydrogens is 198 g/mol. The number of amides is 1. The number of nitrogens with one attached hydrogen (secondary N) is 1. The summed E-state index contributed by atoms with van der Waals surface area (Å²) in [7, 11) is 1.46. The van der Waals surface area contributed by atoms with Gasteiger partial charge in [0.1, 0.15) is 11.6 Å². The minimum atomic E-state index is -0.648. The lowest BCUT2D eigenvalue weighted by atomic mass is 10.2. The quantitative estimate of drug-likeness (QED) is 0.766. The molecule has 5 heteroatoms. The van der Waals surface area contributed by atoms with Crippen molar-refractivity contribution in [1.29, 1.82) is 0 Å². The largest absolute Gasteiger partial charge is 0.444 e. The Hall–Kier alpha value is -1.10. The zero-order chi connectivity index (χ0) is 12.1. The van der Waals surface area contributed by atoms with Crippen LogP contribution in [0.15, 0.2) is 0 Å². The van der Waals surface area contributed by atoms with E-state index < -0.39 is 17.7 Å². The fourth-order valence-corrected chi connectivity index (χ4v) is 0.877.